The Kier molecular flexibility index (Phi) is 3.20. The molecule has 22 heavy (non-hydrogen) atoms. The molecule has 1 aliphatic heterocycles. The van der Waals surface area contributed by atoms with E-state index in [4.69, 9.17) is 0 Å². The third-order valence-electron chi connectivity index (χ3n) is 4.58. The third-order valence-corrected chi connectivity index (χ3v) is 4.58. The first-order chi connectivity index (χ1) is 10.4. The maximum absolute atomic E-state index is 13.0. The van der Waals surface area contributed by atoms with E-state index < -0.39 is 11.6 Å². The largest absolute Gasteiger partial charge is 0.330 e. The number of Topliss-reactive ketones (excluding diaryl/α,β-unsaturated/α-hetero) is 1. The number of carbonyl (C=O) groups is 2. The van der Waals surface area contributed by atoms with Gasteiger partial charge in [-0.1, -0.05) is 30.3 Å². The molecule has 0 fully saturated rings. The Labute approximate surface area is 130 Å². The molecule has 1 unspecified atom stereocenters. The van der Waals surface area contributed by atoms with Crippen molar-refractivity contribution >= 4 is 11.8 Å². The van der Waals surface area contributed by atoms with E-state index in [9.17, 15) is 9.59 Å². The van der Waals surface area contributed by atoms with E-state index in [0.29, 0.717) is 5.69 Å². The van der Waals surface area contributed by atoms with Crippen molar-refractivity contribution in [2.24, 2.45) is 0 Å². The second kappa shape index (κ2) is 4.83. The molecule has 1 aromatic heterocycles. The van der Waals surface area contributed by atoms with Gasteiger partial charge in [-0.3, -0.25) is 9.36 Å². The molecule has 1 aromatic carbocycles. The predicted octanol–water partition coefficient (Wildman–Crippen LogP) is 3.59. The maximum Gasteiger partial charge on any atom is 0.330 e. The van der Waals surface area contributed by atoms with Crippen molar-refractivity contribution in [3.63, 3.8) is 0 Å². The van der Waals surface area contributed by atoms with E-state index in [-0.39, 0.29) is 11.8 Å². The fourth-order valence-electron chi connectivity index (χ4n) is 3.30. The van der Waals surface area contributed by atoms with Crippen LogP contribution in [0.1, 0.15) is 42.5 Å². The molecule has 0 bridgehead atoms. The van der Waals surface area contributed by atoms with Crippen molar-refractivity contribution in [2.45, 2.75) is 39.3 Å². The first-order valence-corrected chi connectivity index (χ1v) is 7.47. The van der Waals surface area contributed by atoms with Crippen LogP contribution < -0.4 is 0 Å². The molecule has 1 amide bonds. The summed E-state index contributed by atoms with van der Waals surface area (Å²) in [5.41, 5.74) is 1.71. The molecule has 4 heteroatoms. The standard InChI is InChI=1S/C18H20N2O2/c1-12-10-11-15-16(21)13(2)20(17(22)19(12)15)18(3,4)14-8-6-5-7-9-14/h5-11,13H,1-4H3. The van der Waals surface area contributed by atoms with Gasteiger partial charge in [0.05, 0.1) is 17.3 Å². The summed E-state index contributed by atoms with van der Waals surface area (Å²) in [6.07, 6.45) is 0. The van der Waals surface area contributed by atoms with Crippen LogP contribution in [0, 0.1) is 6.92 Å². The van der Waals surface area contributed by atoms with Gasteiger partial charge in [-0.05, 0) is 45.4 Å². The molecule has 0 radical (unpaired) electrons. The van der Waals surface area contributed by atoms with Crippen LogP contribution in [0.5, 0.6) is 0 Å². The highest BCUT2D eigenvalue weighted by molar-refractivity contribution is 6.06. The number of carbonyl (C=O) groups excluding carboxylic acids is 2. The normalized spacial score (nSPS) is 18.5. The number of amides is 1. The molecule has 1 aliphatic rings. The Morgan fingerprint density at radius 2 is 1.64 bits per heavy atom. The number of ketones is 1. The van der Waals surface area contributed by atoms with Crippen LogP contribution in [-0.2, 0) is 5.54 Å². The zero-order valence-corrected chi connectivity index (χ0v) is 13.3. The quantitative estimate of drug-likeness (QED) is 0.850. The molecule has 4 nitrogen and oxygen atoms in total. The third kappa shape index (κ3) is 1.90. The van der Waals surface area contributed by atoms with Gasteiger partial charge in [0.1, 0.15) is 0 Å². The van der Waals surface area contributed by atoms with Crippen LogP contribution in [0.3, 0.4) is 0 Å². The number of rotatable bonds is 2. The average molecular weight is 296 g/mol. The maximum atomic E-state index is 13.0. The van der Waals surface area contributed by atoms with Crippen LogP contribution in [0.4, 0.5) is 4.79 Å². The first kappa shape index (κ1) is 14.6. The van der Waals surface area contributed by atoms with Crippen LogP contribution in [-0.4, -0.2) is 27.3 Å². The zero-order valence-electron chi connectivity index (χ0n) is 13.3. The van der Waals surface area contributed by atoms with Crippen LogP contribution in [0.25, 0.3) is 0 Å². The van der Waals surface area contributed by atoms with Gasteiger partial charge in [-0.25, -0.2) is 4.79 Å². The van der Waals surface area contributed by atoms with Gasteiger partial charge in [-0.2, -0.15) is 0 Å². The Morgan fingerprint density at radius 3 is 2.27 bits per heavy atom. The first-order valence-electron chi connectivity index (χ1n) is 7.47. The van der Waals surface area contributed by atoms with Gasteiger partial charge in [0.2, 0.25) is 5.78 Å². The number of aryl methyl sites for hydroxylation is 1. The summed E-state index contributed by atoms with van der Waals surface area (Å²) in [6.45, 7) is 7.61. The van der Waals surface area contributed by atoms with E-state index in [1.807, 2.05) is 57.2 Å². The monoisotopic (exact) mass is 296 g/mol. The molecule has 2 aromatic rings. The summed E-state index contributed by atoms with van der Waals surface area (Å²) in [4.78, 5) is 27.3. The minimum absolute atomic E-state index is 0.0169. The van der Waals surface area contributed by atoms with Crippen LogP contribution in [0.15, 0.2) is 42.5 Å². The highest BCUT2D eigenvalue weighted by Gasteiger charge is 2.44. The molecular weight excluding hydrogens is 276 g/mol. The molecule has 3 rings (SSSR count). The SMILES string of the molecule is Cc1ccc2n1C(=O)N(C(C)(C)c1ccccc1)C(C)C2=O. The summed E-state index contributed by atoms with van der Waals surface area (Å²) < 4.78 is 1.52. The fraction of sp³-hybridized carbons (Fsp3) is 0.333. The van der Waals surface area contributed by atoms with Gasteiger partial charge >= 0.3 is 6.03 Å². The van der Waals surface area contributed by atoms with Gasteiger partial charge in [0, 0.05) is 5.69 Å². The Morgan fingerprint density at radius 1 is 1.00 bits per heavy atom. The van der Waals surface area contributed by atoms with E-state index in [1.165, 1.54) is 4.57 Å². The highest BCUT2D eigenvalue weighted by Crippen LogP contribution is 2.34. The zero-order chi connectivity index (χ0) is 16.1. The lowest BCUT2D eigenvalue weighted by Gasteiger charge is -2.44. The van der Waals surface area contributed by atoms with Crippen molar-refractivity contribution in [3.8, 4) is 0 Å². The number of hydrogen-bond acceptors (Lipinski definition) is 2. The highest BCUT2D eigenvalue weighted by atomic mass is 16.2. The van der Waals surface area contributed by atoms with Gasteiger partial charge in [-0.15, -0.1) is 0 Å². The van der Waals surface area contributed by atoms with Crippen molar-refractivity contribution < 1.29 is 9.59 Å². The van der Waals surface area contributed by atoms with Crippen molar-refractivity contribution in [1.29, 1.82) is 0 Å². The lowest BCUT2D eigenvalue weighted by molar-refractivity contribution is 0.0629. The molecule has 0 spiro atoms. The van der Waals surface area contributed by atoms with Crippen LogP contribution >= 0.6 is 0 Å². The van der Waals surface area contributed by atoms with Crippen molar-refractivity contribution in [1.82, 2.24) is 9.47 Å². The van der Waals surface area contributed by atoms with Gasteiger partial charge < -0.3 is 4.90 Å². The van der Waals surface area contributed by atoms with E-state index in [1.54, 1.807) is 17.9 Å². The minimum atomic E-state index is -0.568. The van der Waals surface area contributed by atoms with Gasteiger partial charge in [0.25, 0.3) is 0 Å². The molecule has 0 saturated carbocycles. The average Bonchev–Trinajstić information content (AvgIpc) is 2.88. The Bertz CT molecular complexity index is 744. The molecule has 2 heterocycles. The van der Waals surface area contributed by atoms with Crippen molar-refractivity contribution in [3.05, 3.63) is 59.4 Å². The molecular formula is C18H20N2O2. The minimum Gasteiger partial charge on any atom is -0.305 e. The van der Waals surface area contributed by atoms with Gasteiger partial charge in [0.15, 0.2) is 0 Å². The van der Waals surface area contributed by atoms with Crippen molar-refractivity contribution in [2.75, 3.05) is 0 Å². The van der Waals surface area contributed by atoms with E-state index in [0.717, 1.165) is 11.3 Å². The van der Waals surface area contributed by atoms with E-state index >= 15 is 0 Å². The lowest BCUT2D eigenvalue weighted by Crippen LogP contribution is -2.58. The molecule has 0 N–H and O–H groups in total. The Balaban J connectivity index is 2.14. The summed E-state index contributed by atoms with van der Waals surface area (Å²) in [5, 5.41) is 0. The number of nitrogens with zero attached hydrogens (tertiary/aromatic N) is 2. The number of benzene rings is 1. The molecule has 0 saturated heterocycles. The molecule has 114 valence electrons. The molecule has 1 atom stereocenters. The summed E-state index contributed by atoms with van der Waals surface area (Å²) >= 11 is 0. The lowest BCUT2D eigenvalue weighted by atomic mass is 9.89. The van der Waals surface area contributed by atoms with E-state index in [2.05, 4.69) is 0 Å². The number of aromatic nitrogens is 1. The topological polar surface area (TPSA) is 42.3 Å². The summed E-state index contributed by atoms with van der Waals surface area (Å²) in [5.74, 6) is -0.0169. The second-order valence-electron chi connectivity index (χ2n) is 6.31. The Hall–Kier alpha value is -2.36. The number of fused-ring (bicyclic) bond motifs is 1. The fourth-order valence-corrected chi connectivity index (χ4v) is 3.30. The second-order valence-corrected chi connectivity index (χ2v) is 6.31. The summed E-state index contributed by atoms with van der Waals surface area (Å²) in [6, 6.07) is 12.7. The smallest absolute Gasteiger partial charge is 0.305 e. The summed E-state index contributed by atoms with van der Waals surface area (Å²) in [7, 11) is 0. The predicted molar refractivity (Wildman–Crippen MR) is 85.1 cm³/mol. The van der Waals surface area contributed by atoms with Crippen LogP contribution in [0.2, 0.25) is 0 Å². The molecule has 0 aliphatic carbocycles. The number of hydrogen-bond donors (Lipinski definition) is 0.